The maximum absolute atomic E-state index is 13.6. The van der Waals surface area contributed by atoms with Crippen molar-refractivity contribution < 1.29 is 9.53 Å². The van der Waals surface area contributed by atoms with Gasteiger partial charge in [-0.15, -0.1) is 11.8 Å². The van der Waals surface area contributed by atoms with Gasteiger partial charge in [0.05, 0.1) is 35.4 Å². The maximum Gasteiger partial charge on any atom is 0.254 e. The van der Waals surface area contributed by atoms with Crippen LogP contribution >= 0.6 is 23.4 Å². The molecule has 1 amide bonds. The minimum absolute atomic E-state index is 0.289. The first-order valence-electron chi connectivity index (χ1n) is 11.0. The van der Waals surface area contributed by atoms with Crippen LogP contribution in [0.3, 0.4) is 0 Å². The predicted octanol–water partition coefficient (Wildman–Crippen LogP) is 6.62. The van der Waals surface area contributed by atoms with Crippen molar-refractivity contribution in [1.82, 2.24) is 5.32 Å². The number of ether oxygens (including phenoxy) is 1. The highest BCUT2D eigenvalue weighted by atomic mass is 35.5. The number of amides is 1. The highest BCUT2D eigenvalue weighted by Crippen LogP contribution is 2.41. The van der Waals surface area contributed by atoms with E-state index in [2.05, 4.69) is 16.7 Å². The molecule has 1 atom stereocenters. The third-order valence-electron chi connectivity index (χ3n) is 5.68. The molecule has 1 aliphatic rings. The van der Waals surface area contributed by atoms with Gasteiger partial charge in [0.25, 0.3) is 5.91 Å². The quantitative estimate of drug-likeness (QED) is 0.380. The normalized spacial score (nSPS) is 15.3. The number of nitrogens with zero attached hydrogens (tertiary/aromatic N) is 1. The lowest BCUT2D eigenvalue weighted by Gasteiger charge is -2.30. The van der Waals surface area contributed by atoms with E-state index in [4.69, 9.17) is 16.3 Å². The summed E-state index contributed by atoms with van der Waals surface area (Å²) < 4.78 is 5.39. The van der Waals surface area contributed by atoms with Gasteiger partial charge < -0.3 is 15.4 Å². The molecule has 0 aliphatic carbocycles. The number of allylic oxidation sites excluding steroid dienone is 2. The molecule has 0 radical (unpaired) electrons. The van der Waals surface area contributed by atoms with E-state index < -0.39 is 5.92 Å². The molecule has 0 aromatic heterocycles. The van der Waals surface area contributed by atoms with Gasteiger partial charge in [0.1, 0.15) is 5.75 Å². The first kappa shape index (κ1) is 24.5. The molecule has 3 aromatic rings. The van der Waals surface area contributed by atoms with Crippen molar-refractivity contribution in [3.8, 4) is 11.8 Å². The smallest absolute Gasteiger partial charge is 0.254 e. The molecule has 0 bridgehead atoms. The first-order chi connectivity index (χ1) is 17.0. The van der Waals surface area contributed by atoms with Crippen LogP contribution in [0.4, 0.5) is 5.69 Å². The summed E-state index contributed by atoms with van der Waals surface area (Å²) in [4.78, 5) is 13.6. The number of hydrogen-bond donors (Lipinski definition) is 2. The number of dihydropyridines is 1. The Hall–Kier alpha value is -3.66. The summed E-state index contributed by atoms with van der Waals surface area (Å²) in [6.07, 6.45) is 0. The Kier molecular flexibility index (Phi) is 7.81. The molecule has 0 saturated carbocycles. The van der Waals surface area contributed by atoms with Gasteiger partial charge in [0, 0.05) is 22.0 Å². The maximum atomic E-state index is 13.6. The summed E-state index contributed by atoms with van der Waals surface area (Å²) in [6, 6.07) is 26.9. The molecule has 3 aromatic carbocycles. The van der Waals surface area contributed by atoms with E-state index in [0.29, 0.717) is 39.1 Å². The van der Waals surface area contributed by atoms with Gasteiger partial charge in [-0.3, -0.25) is 4.79 Å². The molecule has 176 valence electrons. The summed E-state index contributed by atoms with van der Waals surface area (Å²) in [5.41, 5.74) is 4.23. The summed E-state index contributed by atoms with van der Waals surface area (Å²) in [6.45, 7) is 1.87. The van der Waals surface area contributed by atoms with Gasteiger partial charge in [-0.25, -0.2) is 0 Å². The van der Waals surface area contributed by atoms with Crippen LogP contribution in [-0.2, 0) is 10.5 Å². The van der Waals surface area contributed by atoms with E-state index in [0.717, 1.165) is 16.2 Å². The Labute approximate surface area is 214 Å². The van der Waals surface area contributed by atoms with Crippen LogP contribution in [-0.4, -0.2) is 13.0 Å². The van der Waals surface area contributed by atoms with Gasteiger partial charge in [-0.1, -0.05) is 66.2 Å². The number of anilines is 1. The predicted molar refractivity (Wildman–Crippen MR) is 142 cm³/mol. The first-order valence-corrected chi connectivity index (χ1v) is 12.4. The number of nitrogens with one attached hydrogen (secondary N) is 2. The molecule has 5 nitrogen and oxygen atoms in total. The lowest BCUT2D eigenvalue weighted by Crippen LogP contribution is -2.30. The minimum Gasteiger partial charge on any atom is -0.495 e. The van der Waals surface area contributed by atoms with Crippen LogP contribution in [0, 0.1) is 11.3 Å². The highest BCUT2D eigenvalue weighted by Gasteiger charge is 2.34. The molecule has 0 unspecified atom stereocenters. The number of para-hydroxylation sites is 2. The molecular formula is C28H24ClN3O2S. The molecule has 35 heavy (non-hydrogen) atoms. The lowest BCUT2D eigenvalue weighted by atomic mass is 9.82. The van der Waals surface area contributed by atoms with Crippen LogP contribution in [0.15, 0.2) is 101 Å². The van der Waals surface area contributed by atoms with Crippen molar-refractivity contribution in [2.75, 3.05) is 12.4 Å². The fraction of sp³-hybridized carbons (Fsp3) is 0.143. The second kappa shape index (κ2) is 11.2. The Morgan fingerprint density at radius 2 is 1.77 bits per heavy atom. The van der Waals surface area contributed by atoms with Crippen molar-refractivity contribution in [3.05, 3.63) is 117 Å². The summed E-state index contributed by atoms with van der Waals surface area (Å²) in [5.74, 6) is 0.421. The van der Waals surface area contributed by atoms with Gasteiger partial charge in [-0.2, -0.15) is 5.26 Å². The van der Waals surface area contributed by atoms with Crippen molar-refractivity contribution in [1.29, 1.82) is 5.26 Å². The zero-order valence-electron chi connectivity index (χ0n) is 19.3. The molecule has 4 rings (SSSR count). The van der Waals surface area contributed by atoms with Crippen LogP contribution in [0.25, 0.3) is 0 Å². The fourth-order valence-electron chi connectivity index (χ4n) is 3.98. The molecular weight excluding hydrogens is 478 g/mol. The summed E-state index contributed by atoms with van der Waals surface area (Å²) in [5, 5.41) is 17.9. The van der Waals surface area contributed by atoms with Crippen molar-refractivity contribution >= 4 is 35.0 Å². The number of nitriles is 1. The fourth-order valence-corrected chi connectivity index (χ4v) is 5.15. The number of rotatable bonds is 7. The number of halogens is 1. The van der Waals surface area contributed by atoms with Gasteiger partial charge in [-0.05, 0) is 42.3 Å². The molecule has 0 fully saturated rings. The van der Waals surface area contributed by atoms with Crippen molar-refractivity contribution in [2.45, 2.75) is 18.6 Å². The number of methoxy groups -OCH3 is 1. The zero-order chi connectivity index (χ0) is 24.8. The zero-order valence-corrected chi connectivity index (χ0v) is 20.9. The minimum atomic E-state index is -0.509. The Morgan fingerprint density at radius 1 is 1.09 bits per heavy atom. The van der Waals surface area contributed by atoms with E-state index in [1.54, 1.807) is 19.2 Å². The van der Waals surface area contributed by atoms with Gasteiger partial charge in [0.2, 0.25) is 0 Å². The largest absolute Gasteiger partial charge is 0.495 e. The number of carbonyl (C=O) groups excluding carboxylic acids is 1. The molecule has 0 spiro atoms. The van der Waals surface area contributed by atoms with E-state index >= 15 is 0 Å². The van der Waals surface area contributed by atoms with Crippen LogP contribution in [0.5, 0.6) is 5.75 Å². The van der Waals surface area contributed by atoms with E-state index in [1.807, 2.05) is 73.7 Å². The SMILES string of the molecule is COc1ccccc1NC(=O)C1=C(C)NC(SCc2ccc(Cl)cc2)=C(C#N)[C@H]1c1ccccc1. The van der Waals surface area contributed by atoms with Crippen LogP contribution in [0.1, 0.15) is 24.0 Å². The second-order valence-corrected chi connectivity index (χ2v) is 9.35. The topological polar surface area (TPSA) is 74.2 Å². The van der Waals surface area contributed by atoms with Crippen molar-refractivity contribution in [3.63, 3.8) is 0 Å². The molecule has 0 saturated heterocycles. The number of thioether (sulfide) groups is 1. The van der Waals surface area contributed by atoms with E-state index in [1.165, 1.54) is 11.8 Å². The molecule has 7 heteroatoms. The monoisotopic (exact) mass is 501 g/mol. The Balaban J connectivity index is 1.70. The third kappa shape index (κ3) is 5.54. The Morgan fingerprint density at radius 3 is 2.46 bits per heavy atom. The molecule has 2 N–H and O–H groups in total. The third-order valence-corrected chi connectivity index (χ3v) is 7.02. The lowest BCUT2D eigenvalue weighted by molar-refractivity contribution is -0.113. The standard InChI is InChI=1S/C28H24ClN3O2S/c1-18-25(27(33)32-23-10-6-7-11-24(23)34-2)26(20-8-4-3-5-9-20)22(16-30)28(31-18)35-17-19-12-14-21(29)15-13-19/h3-15,26,31H,17H2,1-2H3,(H,32,33)/t26-/m1/s1. The average molecular weight is 502 g/mol. The Bertz CT molecular complexity index is 1330. The highest BCUT2D eigenvalue weighted by molar-refractivity contribution is 8.02. The molecule has 1 heterocycles. The number of carbonyl (C=O) groups is 1. The average Bonchev–Trinajstić information content (AvgIpc) is 2.88. The van der Waals surface area contributed by atoms with Crippen LogP contribution in [0.2, 0.25) is 5.02 Å². The summed E-state index contributed by atoms with van der Waals surface area (Å²) >= 11 is 7.54. The second-order valence-electron chi connectivity index (χ2n) is 7.93. The van der Waals surface area contributed by atoms with Gasteiger partial charge >= 0.3 is 0 Å². The molecule has 1 aliphatic heterocycles. The number of hydrogen-bond acceptors (Lipinski definition) is 5. The van der Waals surface area contributed by atoms with Crippen molar-refractivity contribution in [2.24, 2.45) is 0 Å². The van der Waals surface area contributed by atoms with E-state index in [9.17, 15) is 10.1 Å². The number of benzene rings is 3. The van der Waals surface area contributed by atoms with E-state index in [-0.39, 0.29) is 5.91 Å². The summed E-state index contributed by atoms with van der Waals surface area (Å²) in [7, 11) is 1.56. The van der Waals surface area contributed by atoms with Crippen LogP contribution < -0.4 is 15.4 Å². The van der Waals surface area contributed by atoms with Gasteiger partial charge in [0.15, 0.2) is 0 Å².